The number of hydrogen-bond acceptors (Lipinski definition) is 7. The third-order valence-corrected chi connectivity index (χ3v) is 5.02. The maximum atomic E-state index is 12.0. The van der Waals surface area contributed by atoms with E-state index in [4.69, 9.17) is 9.47 Å². The standard InChI is InChI=1S/C17H33NO6S/c1-2-3-4-5-6-7-8-9-17(19)24-16(15-25(20,21)22)14-18-10-12-23-13-11-18/h16H,2-15H2,1H3,(H,20,21,22)/p-1. The third kappa shape index (κ3) is 12.3. The second kappa shape index (κ2) is 12.6. The van der Waals surface area contributed by atoms with E-state index in [0.717, 1.165) is 19.3 Å². The van der Waals surface area contributed by atoms with Gasteiger partial charge >= 0.3 is 5.97 Å². The summed E-state index contributed by atoms with van der Waals surface area (Å²) in [6.45, 7) is 4.83. The van der Waals surface area contributed by atoms with Crippen LogP contribution in [0.25, 0.3) is 0 Å². The van der Waals surface area contributed by atoms with Gasteiger partial charge in [-0.15, -0.1) is 0 Å². The van der Waals surface area contributed by atoms with Gasteiger partial charge in [0.05, 0.1) is 29.1 Å². The van der Waals surface area contributed by atoms with Crippen molar-refractivity contribution in [2.24, 2.45) is 0 Å². The van der Waals surface area contributed by atoms with Gasteiger partial charge in [-0.25, -0.2) is 8.42 Å². The van der Waals surface area contributed by atoms with Crippen LogP contribution in [0.4, 0.5) is 0 Å². The first-order chi connectivity index (χ1) is 11.9. The Morgan fingerprint density at radius 1 is 1.12 bits per heavy atom. The molecule has 1 heterocycles. The van der Waals surface area contributed by atoms with Gasteiger partial charge in [0, 0.05) is 26.1 Å². The lowest BCUT2D eigenvalue weighted by molar-refractivity contribution is -0.149. The molecule has 7 nitrogen and oxygen atoms in total. The third-order valence-electron chi connectivity index (χ3n) is 4.24. The Kier molecular flexibility index (Phi) is 11.3. The molecule has 8 heteroatoms. The predicted molar refractivity (Wildman–Crippen MR) is 94.3 cm³/mol. The maximum Gasteiger partial charge on any atom is 0.306 e. The molecular weight excluding hydrogens is 346 g/mol. The fourth-order valence-electron chi connectivity index (χ4n) is 2.89. The van der Waals surface area contributed by atoms with Crippen LogP contribution in [0.5, 0.6) is 0 Å². The Bertz CT molecular complexity index is 462. The summed E-state index contributed by atoms with van der Waals surface area (Å²) in [5, 5.41) is 0. The van der Waals surface area contributed by atoms with Crippen molar-refractivity contribution in [2.75, 3.05) is 38.6 Å². The summed E-state index contributed by atoms with van der Waals surface area (Å²) in [5.41, 5.74) is 0. The summed E-state index contributed by atoms with van der Waals surface area (Å²) in [4.78, 5) is 13.9. The zero-order valence-corrected chi connectivity index (χ0v) is 16.1. The average Bonchev–Trinajstić information content (AvgIpc) is 2.53. The van der Waals surface area contributed by atoms with E-state index in [1.54, 1.807) is 0 Å². The lowest BCUT2D eigenvalue weighted by atomic mass is 10.1. The zero-order valence-electron chi connectivity index (χ0n) is 15.3. The first-order valence-electron chi connectivity index (χ1n) is 9.34. The topological polar surface area (TPSA) is 96.0 Å². The molecule has 1 aliphatic heterocycles. The van der Waals surface area contributed by atoms with E-state index >= 15 is 0 Å². The number of carbonyl (C=O) groups excluding carboxylic acids is 1. The highest BCUT2D eigenvalue weighted by Gasteiger charge is 2.22. The summed E-state index contributed by atoms with van der Waals surface area (Å²) in [5.74, 6) is -1.09. The first kappa shape index (κ1) is 22.3. The summed E-state index contributed by atoms with van der Waals surface area (Å²) in [6, 6.07) is 0. The molecule has 0 aromatic rings. The highest BCUT2D eigenvalue weighted by atomic mass is 32.2. The van der Waals surface area contributed by atoms with E-state index in [0.29, 0.717) is 26.3 Å². The van der Waals surface area contributed by atoms with Gasteiger partial charge in [0.15, 0.2) is 0 Å². The van der Waals surface area contributed by atoms with Gasteiger partial charge in [0.2, 0.25) is 0 Å². The van der Waals surface area contributed by atoms with Crippen molar-refractivity contribution in [2.45, 2.75) is 64.4 Å². The lowest BCUT2D eigenvalue weighted by Crippen LogP contribution is -2.44. The molecule has 0 aromatic heterocycles. The first-order valence-corrected chi connectivity index (χ1v) is 10.9. The maximum absolute atomic E-state index is 12.0. The predicted octanol–water partition coefficient (Wildman–Crippen LogP) is 1.92. The second-order valence-electron chi connectivity index (χ2n) is 6.62. The molecule has 0 saturated carbocycles. The van der Waals surface area contributed by atoms with Crippen LogP contribution in [0.2, 0.25) is 0 Å². The SMILES string of the molecule is CCCCCCCCCC(=O)OC(CN1CCOCC1)CS(=O)(=O)[O-]. The van der Waals surface area contributed by atoms with Crippen molar-refractivity contribution in [3.05, 3.63) is 0 Å². The van der Waals surface area contributed by atoms with Crippen molar-refractivity contribution < 1.29 is 27.2 Å². The molecule has 0 aliphatic carbocycles. The quantitative estimate of drug-likeness (QED) is 0.274. The Balaban J connectivity index is 2.30. The highest BCUT2D eigenvalue weighted by Crippen LogP contribution is 2.10. The number of ether oxygens (including phenoxy) is 2. The van der Waals surface area contributed by atoms with Gasteiger partial charge in [-0.3, -0.25) is 9.69 Å². The normalized spacial score (nSPS) is 17.4. The minimum absolute atomic E-state index is 0.258. The molecule has 148 valence electrons. The van der Waals surface area contributed by atoms with E-state index in [9.17, 15) is 17.8 Å². The molecule has 25 heavy (non-hydrogen) atoms. The van der Waals surface area contributed by atoms with Crippen molar-refractivity contribution in [1.82, 2.24) is 4.90 Å². The van der Waals surface area contributed by atoms with Gasteiger partial charge in [0.1, 0.15) is 6.10 Å². The monoisotopic (exact) mass is 378 g/mol. The molecule has 1 rings (SSSR count). The summed E-state index contributed by atoms with van der Waals surface area (Å²) < 4.78 is 43.7. The molecule has 1 saturated heterocycles. The summed E-state index contributed by atoms with van der Waals surface area (Å²) in [6.07, 6.45) is 7.02. The van der Waals surface area contributed by atoms with Gasteiger partial charge in [-0.05, 0) is 6.42 Å². The number of carbonyl (C=O) groups is 1. The Morgan fingerprint density at radius 2 is 1.72 bits per heavy atom. The number of esters is 1. The number of unbranched alkanes of at least 4 members (excludes halogenated alkanes) is 6. The van der Waals surface area contributed by atoms with E-state index in [1.165, 1.54) is 25.7 Å². The Labute approximate surface area is 151 Å². The average molecular weight is 379 g/mol. The van der Waals surface area contributed by atoms with Crippen LogP contribution in [0.1, 0.15) is 58.3 Å². The van der Waals surface area contributed by atoms with Crippen LogP contribution in [0, 0.1) is 0 Å². The minimum Gasteiger partial charge on any atom is -0.748 e. The number of rotatable bonds is 13. The molecular formula is C17H32NO6S-. The van der Waals surface area contributed by atoms with Crippen LogP contribution in [-0.2, 0) is 24.4 Å². The Morgan fingerprint density at radius 3 is 2.32 bits per heavy atom. The van der Waals surface area contributed by atoms with E-state index in [2.05, 4.69) is 6.92 Å². The molecule has 0 bridgehead atoms. The van der Waals surface area contributed by atoms with Crippen molar-refractivity contribution >= 4 is 16.1 Å². The largest absolute Gasteiger partial charge is 0.748 e. The van der Waals surface area contributed by atoms with Crippen LogP contribution >= 0.6 is 0 Å². The smallest absolute Gasteiger partial charge is 0.306 e. The van der Waals surface area contributed by atoms with E-state index in [-0.39, 0.29) is 13.0 Å². The van der Waals surface area contributed by atoms with Gasteiger partial charge in [-0.1, -0.05) is 45.4 Å². The molecule has 1 atom stereocenters. The molecule has 0 spiro atoms. The number of nitrogens with zero attached hydrogens (tertiary/aromatic N) is 1. The highest BCUT2D eigenvalue weighted by molar-refractivity contribution is 7.85. The lowest BCUT2D eigenvalue weighted by Gasteiger charge is -2.30. The Hall–Kier alpha value is -0.700. The molecule has 0 radical (unpaired) electrons. The van der Waals surface area contributed by atoms with Gasteiger partial charge < -0.3 is 14.0 Å². The molecule has 0 aromatic carbocycles. The van der Waals surface area contributed by atoms with Crippen LogP contribution in [0.15, 0.2) is 0 Å². The molecule has 1 unspecified atom stereocenters. The summed E-state index contributed by atoms with van der Waals surface area (Å²) in [7, 11) is -4.44. The zero-order chi connectivity index (χ0) is 18.5. The minimum atomic E-state index is -4.44. The van der Waals surface area contributed by atoms with Crippen LogP contribution in [-0.4, -0.2) is 68.5 Å². The van der Waals surface area contributed by atoms with Crippen molar-refractivity contribution in [3.63, 3.8) is 0 Å². The summed E-state index contributed by atoms with van der Waals surface area (Å²) >= 11 is 0. The molecule has 0 amide bonds. The van der Waals surface area contributed by atoms with Crippen LogP contribution in [0.3, 0.4) is 0 Å². The number of hydrogen-bond donors (Lipinski definition) is 0. The fraction of sp³-hybridized carbons (Fsp3) is 0.941. The van der Waals surface area contributed by atoms with Gasteiger partial charge in [0.25, 0.3) is 0 Å². The molecule has 1 fully saturated rings. The second-order valence-corrected chi connectivity index (χ2v) is 8.07. The van der Waals surface area contributed by atoms with Crippen molar-refractivity contribution in [1.29, 1.82) is 0 Å². The number of morpholine rings is 1. The van der Waals surface area contributed by atoms with E-state index < -0.39 is 27.9 Å². The fourth-order valence-corrected chi connectivity index (χ4v) is 3.52. The van der Waals surface area contributed by atoms with E-state index in [1.807, 2.05) is 4.90 Å². The van der Waals surface area contributed by atoms with Gasteiger partial charge in [-0.2, -0.15) is 0 Å². The van der Waals surface area contributed by atoms with Crippen molar-refractivity contribution in [3.8, 4) is 0 Å². The van der Waals surface area contributed by atoms with Crippen LogP contribution < -0.4 is 0 Å². The molecule has 1 aliphatic rings. The molecule has 0 N–H and O–H groups in total.